The van der Waals surface area contributed by atoms with Crippen molar-refractivity contribution < 1.29 is 36.7 Å². The topological polar surface area (TPSA) is 107 Å². The molecule has 3 heterocycles. The lowest BCUT2D eigenvalue weighted by Gasteiger charge is -2.52. The summed E-state index contributed by atoms with van der Waals surface area (Å²) in [6, 6.07) is 10.1. The minimum Gasteiger partial charge on any atom is -0.469 e. The van der Waals surface area contributed by atoms with Crippen molar-refractivity contribution in [3.8, 4) is 6.07 Å². The van der Waals surface area contributed by atoms with Crippen molar-refractivity contribution in [1.82, 2.24) is 15.8 Å². The Balaban J connectivity index is 1.64. The molecule has 2 amide bonds. The summed E-state index contributed by atoms with van der Waals surface area (Å²) in [7, 11) is 3.36. The number of rotatable bonds is 5. The molecule has 2 N–H and O–H groups in total. The number of amides is 2. The van der Waals surface area contributed by atoms with Gasteiger partial charge in [0.1, 0.15) is 19.0 Å². The number of benzene rings is 2. The van der Waals surface area contributed by atoms with Crippen LogP contribution in [-0.2, 0) is 27.0 Å². The van der Waals surface area contributed by atoms with Gasteiger partial charge in [0, 0.05) is 23.7 Å². The van der Waals surface area contributed by atoms with E-state index in [1.165, 1.54) is 24.1 Å². The number of hydrogen-bond acceptors (Lipinski definition) is 7. The van der Waals surface area contributed by atoms with Crippen LogP contribution in [0, 0.1) is 17.2 Å². The number of hydrazine groups is 1. The van der Waals surface area contributed by atoms with Gasteiger partial charge in [-0.15, -0.1) is 0 Å². The molecule has 224 valence electrons. The number of nitriles is 1. The zero-order valence-corrected chi connectivity index (χ0v) is 23.6. The first kappa shape index (κ1) is 29.6. The normalized spacial score (nSPS) is 28.0. The van der Waals surface area contributed by atoms with Crippen molar-refractivity contribution in [1.29, 1.82) is 5.26 Å². The average Bonchev–Trinajstić information content (AvgIpc) is 3.20. The average molecular weight is 588 g/mol. The van der Waals surface area contributed by atoms with Crippen molar-refractivity contribution in [2.45, 2.75) is 44.4 Å². The van der Waals surface area contributed by atoms with Crippen LogP contribution in [0.4, 0.5) is 23.7 Å². The smallest absolute Gasteiger partial charge is 0.416 e. The number of nitrogens with one attached hydrogen (secondary N) is 2. The van der Waals surface area contributed by atoms with Crippen molar-refractivity contribution in [3.63, 3.8) is 0 Å². The number of quaternary nitrogens is 1. The number of anilines is 1. The zero-order chi connectivity index (χ0) is 30.2. The second kappa shape index (κ2) is 11.4. The summed E-state index contributed by atoms with van der Waals surface area (Å²) in [6.45, 7) is 5.10. The van der Waals surface area contributed by atoms with Crippen LogP contribution in [0.1, 0.15) is 41.6 Å². The molecule has 5 rings (SSSR count). The number of nitrogens with zero attached hydrogens (tertiary/aromatic N) is 4. The maximum absolute atomic E-state index is 13.6. The van der Waals surface area contributed by atoms with Gasteiger partial charge in [-0.2, -0.15) is 23.9 Å². The third kappa shape index (κ3) is 5.49. The number of ether oxygens (including phenoxy) is 2. The second-order valence-corrected chi connectivity index (χ2v) is 11.3. The minimum absolute atomic E-state index is 0.186. The summed E-state index contributed by atoms with van der Waals surface area (Å²) in [5.74, 6) is -1.59. The number of fused-ring (bicyclic) bond motifs is 1. The van der Waals surface area contributed by atoms with Gasteiger partial charge in [-0.05, 0) is 42.8 Å². The molecule has 0 bridgehead atoms. The molecule has 3 saturated heterocycles. The number of methoxy groups -OCH3 is 1. The summed E-state index contributed by atoms with van der Waals surface area (Å²) < 4.78 is 52.5. The van der Waals surface area contributed by atoms with Gasteiger partial charge in [0.05, 0.1) is 57.2 Å². The monoisotopic (exact) mass is 587 g/mol. The maximum atomic E-state index is 13.6. The van der Waals surface area contributed by atoms with E-state index >= 15 is 0 Å². The van der Waals surface area contributed by atoms with E-state index in [0.717, 1.165) is 37.2 Å². The fraction of sp³-hybridized carbons (Fsp3) is 0.483. The van der Waals surface area contributed by atoms with Gasteiger partial charge in [-0.25, -0.2) is 4.79 Å². The van der Waals surface area contributed by atoms with Crippen LogP contribution in [-0.4, -0.2) is 74.2 Å². The molecule has 4 unspecified atom stereocenters. The van der Waals surface area contributed by atoms with Crippen molar-refractivity contribution in [2.75, 3.05) is 45.4 Å². The van der Waals surface area contributed by atoms with E-state index in [-0.39, 0.29) is 5.69 Å². The summed E-state index contributed by atoms with van der Waals surface area (Å²) in [4.78, 5) is 30.0. The minimum atomic E-state index is -4.58. The van der Waals surface area contributed by atoms with E-state index < -0.39 is 48.0 Å². The van der Waals surface area contributed by atoms with E-state index in [1.54, 1.807) is 30.0 Å². The van der Waals surface area contributed by atoms with Crippen LogP contribution in [0.15, 0.2) is 42.5 Å². The Kier molecular flexibility index (Phi) is 8.06. The number of carbonyl (C=O) groups excluding carboxylic acids is 2. The van der Waals surface area contributed by atoms with Crippen molar-refractivity contribution in [3.05, 3.63) is 64.7 Å². The number of hydrogen-bond donors (Lipinski definition) is 2. The largest absolute Gasteiger partial charge is 0.469 e. The Bertz CT molecular complexity index is 1390. The third-order valence-electron chi connectivity index (χ3n) is 8.52. The van der Waals surface area contributed by atoms with Crippen LogP contribution in [0.5, 0.6) is 0 Å². The number of halogens is 3. The highest BCUT2D eigenvalue weighted by atomic mass is 19.4. The Morgan fingerprint density at radius 2 is 1.98 bits per heavy atom. The van der Waals surface area contributed by atoms with Crippen LogP contribution in [0.25, 0.3) is 0 Å². The fourth-order valence-electron chi connectivity index (χ4n) is 6.43. The molecule has 42 heavy (non-hydrogen) atoms. The molecule has 0 aromatic heterocycles. The van der Waals surface area contributed by atoms with Gasteiger partial charge >= 0.3 is 18.2 Å². The lowest BCUT2D eigenvalue weighted by atomic mass is 9.81. The highest BCUT2D eigenvalue weighted by molar-refractivity contribution is 5.82. The summed E-state index contributed by atoms with van der Waals surface area (Å²) >= 11 is 0. The molecule has 5 atom stereocenters. The van der Waals surface area contributed by atoms with E-state index in [2.05, 4.69) is 24.0 Å². The number of alkyl halides is 3. The number of likely N-dealkylation sites (N-methyl/N-ethyl adjacent to an activating group) is 1. The predicted octanol–water partition coefficient (Wildman–Crippen LogP) is 3.50. The standard InChI is InChI=1S/C29H33F3N6O4/c1-18-24(26(39)41-3)25(23-9-8-19(16-33)14-20(23)17-38(2)10-5-12-42-13-11-38)37-27(34-35-28(37)40)36(18)22-7-4-6-21(15-22)29(30,31)32/h4,6-9,14-15,18,24-25,27,34H,5,10-13,17H2,1-3H3/p+1/t18?,24?,25-,27?,38?/m0/s1. The van der Waals surface area contributed by atoms with Crippen LogP contribution in [0.2, 0.25) is 0 Å². The van der Waals surface area contributed by atoms with Gasteiger partial charge in [0.2, 0.25) is 0 Å². The first-order valence-corrected chi connectivity index (χ1v) is 13.8. The molecule has 0 saturated carbocycles. The number of carbonyl (C=O) groups is 2. The van der Waals surface area contributed by atoms with Gasteiger partial charge < -0.3 is 18.9 Å². The molecule has 0 radical (unpaired) electrons. The molecular weight excluding hydrogens is 553 g/mol. The fourth-order valence-corrected chi connectivity index (χ4v) is 6.43. The SMILES string of the molecule is COC(=O)C1C(C)N(c2cccc(C(F)(F)F)c2)C2NNC(=O)N2[C@H]1c1ccc(C#N)cc1C[N+]1(C)CCCOCC1. The van der Waals surface area contributed by atoms with E-state index in [0.29, 0.717) is 35.4 Å². The molecule has 3 aliphatic rings. The lowest BCUT2D eigenvalue weighted by Crippen LogP contribution is -2.65. The molecule has 3 fully saturated rings. The van der Waals surface area contributed by atoms with Crippen LogP contribution >= 0.6 is 0 Å². The molecule has 3 aliphatic heterocycles. The molecular formula is C29H34F3N6O4+. The van der Waals surface area contributed by atoms with E-state index in [1.807, 2.05) is 0 Å². The molecule has 10 nitrogen and oxygen atoms in total. The predicted molar refractivity (Wildman–Crippen MR) is 145 cm³/mol. The summed E-state index contributed by atoms with van der Waals surface area (Å²) in [5.41, 5.74) is 6.76. The quantitative estimate of drug-likeness (QED) is 0.408. The molecule has 13 heteroatoms. The second-order valence-electron chi connectivity index (χ2n) is 11.3. The van der Waals surface area contributed by atoms with Gasteiger partial charge in [0.25, 0.3) is 0 Å². The lowest BCUT2D eigenvalue weighted by molar-refractivity contribution is -0.921. The molecule has 2 aromatic carbocycles. The number of urea groups is 1. The van der Waals surface area contributed by atoms with Gasteiger partial charge in [0.15, 0.2) is 6.29 Å². The highest BCUT2D eigenvalue weighted by Crippen LogP contribution is 2.45. The Morgan fingerprint density at radius 3 is 2.69 bits per heavy atom. The first-order chi connectivity index (χ1) is 20.0. The highest BCUT2D eigenvalue weighted by Gasteiger charge is 2.55. The van der Waals surface area contributed by atoms with Crippen LogP contribution in [0.3, 0.4) is 0 Å². The molecule has 0 aliphatic carbocycles. The summed E-state index contributed by atoms with van der Waals surface area (Å²) in [5, 5.41) is 9.71. The van der Waals surface area contributed by atoms with Gasteiger partial charge in [-0.3, -0.25) is 15.1 Å². The Morgan fingerprint density at radius 1 is 1.19 bits per heavy atom. The van der Waals surface area contributed by atoms with E-state index in [4.69, 9.17) is 9.47 Å². The molecule has 0 spiro atoms. The van der Waals surface area contributed by atoms with Crippen molar-refractivity contribution in [2.24, 2.45) is 5.92 Å². The number of esters is 1. The zero-order valence-electron chi connectivity index (χ0n) is 23.6. The van der Waals surface area contributed by atoms with Gasteiger partial charge in [-0.1, -0.05) is 12.1 Å². The third-order valence-corrected chi connectivity index (χ3v) is 8.52. The van der Waals surface area contributed by atoms with E-state index in [9.17, 15) is 28.0 Å². The summed E-state index contributed by atoms with van der Waals surface area (Å²) in [6.07, 6.45) is -4.63. The Labute approximate surface area is 242 Å². The first-order valence-electron chi connectivity index (χ1n) is 13.8. The maximum Gasteiger partial charge on any atom is 0.416 e. The molecule has 2 aromatic rings. The van der Waals surface area contributed by atoms with Crippen LogP contribution < -0.4 is 15.8 Å². The van der Waals surface area contributed by atoms with Crippen molar-refractivity contribution >= 4 is 17.7 Å². The Hall–Kier alpha value is -3.86.